The van der Waals surface area contributed by atoms with Crippen LogP contribution in [0.25, 0.3) is 0 Å². The zero-order valence-electron chi connectivity index (χ0n) is 17.9. The summed E-state index contributed by atoms with van der Waals surface area (Å²) in [6.45, 7) is 5.72. The lowest BCUT2D eigenvalue weighted by atomic mass is 9.98. The lowest BCUT2D eigenvalue weighted by molar-refractivity contribution is -0.136. The van der Waals surface area contributed by atoms with E-state index in [0.29, 0.717) is 5.69 Å². The number of carbonyl (C=O) groups excluding carboxylic acids is 2. The molecule has 1 atom stereocenters. The Labute approximate surface area is 182 Å². The average Bonchev–Trinajstić information content (AvgIpc) is 3.30. The first kappa shape index (κ1) is 20.9. The van der Waals surface area contributed by atoms with Gasteiger partial charge in [-0.3, -0.25) is 14.5 Å². The van der Waals surface area contributed by atoms with Crippen LogP contribution < -0.4 is 10.6 Å². The molecule has 3 aromatic rings. The summed E-state index contributed by atoms with van der Waals surface area (Å²) in [7, 11) is 0. The molecule has 1 aliphatic rings. The van der Waals surface area contributed by atoms with Crippen LogP contribution in [0.4, 0.5) is 5.69 Å². The molecule has 0 bridgehead atoms. The van der Waals surface area contributed by atoms with Gasteiger partial charge < -0.3 is 15.1 Å². The van der Waals surface area contributed by atoms with E-state index in [1.807, 2.05) is 50.2 Å². The van der Waals surface area contributed by atoms with Crippen LogP contribution in [0, 0.1) is 13.8 Å². The molecule has 0 unspecified atom stereocenters. The van der Waals surface area contributed by atoms with Crippen LogP contribution in [-0.4, -0.2) is 29.8 Å². The van der Waals surface area contributed by atoms with Crippen molar-refractivity contribution in [2.75, 3.05) is 18.4 Å². The third kappa shape index (κ3) is 4.70. The largest absolute Gasteiger partial charge is 0.468 e. The fourth-order valence-electron chi connectivity index (χ4n) is 4.13. The van der Waals surface area contributed by atoms with Gasteiger partial charge in [0.25, 0.3) is 0 Å². The SMILES string of the molecule is Cc1cccc(C)c1NC(=O)C(=O)NC[C@H](c1ccco1)N1CCc2ccccc2C1. The predicted molar refractivity (Wildman–Crippen MR) is 120 cm³/mol. The van der Waals surface area contributed by atoms with Crippen molar-refractivity contribution >= 4 is 17.5 Å². The van der Waals surface area contributed by atoms with Crippen LogP contribution in [-0.2, 0) is 22.6 Å². The molecule has 2 amide bonds. The van der Waals surface area contributed by atoms with Crippen LogP contribution in [0.2, 0.25) is 0 Å². The molecule has 6 nitrogen and oxygen atoms in total. The second-order valence-corrected chi connectivity index (χ2v) is 7.95. The van der Waals surface area contributed by atoms with E-state index in [2.05, 4.69) is 33.7 Å². The van der Waals surface area contributed by atoms with Gasteiger partial charge in [-0.15, -0.1) is 0 Å². The number of aryl methyl sites for hydroxylation is 2. The van der Waals surface area contributed by atoms with E-state index < -0.39 is 11.8 Å². The van der Waals surface area contributed by atoms with Crippen molar-refractivity contribution in [2.24, 2.45) is 0 Å². The smallest absolute Gasteiger partial charge is 0.313 e. The summed E-state index contributed by atoms with van der Waals surface area (Å²) >= 11 is 0. The Morgan fingerprint density at radius 2 is 1.71 bits per heavy atom. The number of anilines is 1. The highest BCUT2D eigenvalue weighted by atomic mass is 16.3. The number of rotatable bonds is 5. The molecule has 2 aromatic carbocycles. The fraction of sp³-hybridized carbons (Fsp3) is 0.280. The number of carbonyl (C=O) groups is 2. The van der Waals surface area contributed by atoms with Crippen molar-refractivity contribution in [3.63, 3.8) is 0 Å². The third-order valence-electron chi connectivity index (χ3n) is 5.85. The maximum absolute atomic E-state index is 12.6. The minimum absolute atomic E-state index is 0.152. The standard InChI is InChI=1S/C25H27N3O3/c1-17-7-5-8-18(2)23(17)27-25(30)24(29)26-15-21(22-11-6-14-31-22)28-13-12-19-9-3-4-10-20(19)16-28/h3-11,14,21H,12-13,15-16H2,1-2H3,(H,26,29)(H,27,30)/t21-/m1/s1. The number of benzene rings is 2. The first-order chi connectivity index (χ1) is 15.0. The van der Waals surface area contributed by atoms with E-state index in [4.69, 9.17) is 4.42 Å². The van der Waals surface area contributed by atoms with Gasteiger partial charge in [0.05, 0.1) is 12.3 Å². The normalized spacial score (nSPS) is 14.5. The Bertz CT molecular complexity index is 1060. The molecule has 0 aliphatic carbocycles. The van der Waals surface area contributed by atoms with E-state index in [-0.39, 0.29) is 12.6 Å². The topological polar surface area (TPSA) is 74.6 Å². The highest BCUT2D eigenvalue weighted by molar-refractivity contribution is 6.39. The van der Waals surface area contributed by atoms with Gasteiger partial charge >= 0.3 is 11.8 Å². The number of fused-ring (bicyclic) bond motifs is 1. The molecule has 0 fully saturated rings. The number of hydrogen-bond donors (Lipinski definition) is 2. The number of hydrogen-bond acceptors (Lipinski definition) is 4. The lowest BCUT2D eigenvalue weighted by Crippen LogP contribution is -2.43. The summed E-state index contributed by atoms with van der Waals surface area (Å²) < 4.78 is 5.66. The molecule has 0 spiro atoms. The molecule has 6 heteroatoms. The van der Waals surface area contributed by atoms with Crippen molar-refractivity contribution in [2.45, 2.75) is 32.9 Å². The van der Waals surface area contributed by atoms with Gasteiger partial charge in [-0.2, -0.15) is 0 Å². The molecule has 0 radical (unpaired) electrons. The Morgan fingerprint density at radius 3 is 2.42 bits per heavy atom. The van der Waals surface area contributed by atoms with Crippen molar-refractivity contribution in [1.82, 2.24) is 10.2 Å². The fourth-order valence-corrected chi connectivity index (χ4v) is 4.13. The van der Waals surface area contributed by atoms with Gasteiger partial charge in [0.2, 0.25) is 0 Å². The minimum atomic E-state index is -0.667. The van der Waals surface area contributed by atoms with Crippen molar-refractivity contribution in [3.8, 4) is 0 Å². The molecule has 0 saturated heterocycles. The van der Waals surface area contributed by atoms with Crippen LogP contribution in [0.3, 0.4) is 0 Å². The molecular weight excluding hydrogens is 390 g/mol. The van der Waals surface area contributed by atoms with E-state index in [1.54, 1.807) is 6.26 Å². The summed E-state index contributed by atoms with van der Waals surface area (Å²) in [4.78, 5) is 27.3. The molecule has 4 rings (SSSR count). The molecule has 1 aromatic heterocycles. The van der Waals surface area contributed by atoms with Gasteiger partial charge in [-0.05, 0) is 54.7 Å². The Hall–Kier alpha value is -3.38. The van der Waals surface area contributed by atoms with Gasteiger partial charge in [0, 0.05) is 25.3 Å². The Morgan fingerprint density at radius 1 is 0.968 bits per heavy atom. The monoisotopic (exact) mass is 417 g/mol. The molecular formula is C25H27N3O3. The van der Waals surface area contributed by atoms with E-state index in [0.717, 1.165) is 36.4 Å². The molecule has 1 aliphatic heterocycles. The first-order valence-electron chi connectivity index (χ1n) is 10.5. The van der Waals surface area contributed by atoms with Crippen molar-refractivity contribution in [1.29, 1.82) is 0 Å². The van der Waals surface area contributed by atoms with E-state index in [9.17, 15) is 9.59 Å². The van der Waals surface area contributed by atoms with E-state index in [1.165, 1.54) is 11.1 Å². The van der Waals surface area contributed by atoms with Gasteiger partial charge in [-0.1, -0.05) is 42.5 Å². The number of amides is 2. The molecule has 0 saturated carbocycles. The summed E-state index contributed by atoms with van der Waals surface area (Å²) in [6.07, 6.45) is 2.57. The summed E-state index contributed by atoms with van der Waals surface area (Å²) in [5.41, 5.74) is 5.15. The Balaban J connectivity index is 1.44. The second kappa shape index (κ2) is 9.18. The first-order valence-corrected chi connectivity index (χ1v) is 10.5. The van der Waals surface area contributed by atoms with Crippen LogP contribution in [0.1, 0.15) is 34.1 Å². The second-order valence-electron chi connectivity index (χ2n) is 7.95. The summed E-state index contributed by atoms with van der Waals surface area (Å²) in [5, 5.41) is 5.54. The molecule has 160 valence electrons. The minimum Gasteiger partial charge on any atom is -0.468 e. The third-order valence-corrected chi connectivity index (χ3v) is 5.85. The zero-order chi connectivity index (χ0) is 21.8. The van der Waals surface area contributed by atoms with Gasteiger partial charge in [-0.25, -0.2) is 0 Å². The molecule has 31 heavy (non-hydrogen) atoms. The Kier molecular flexibility index (Phi) is 6.18. The van der Waals surface area contributed by atoms with Gasteiger partial charge in [0.15, 0.2) is 0 Å². The number of nitrogens with zero attached hydrogens (tertiary/aromatic N) is 1. The van der Waals surface area contributed by atoms with Crippen LogP contribution >= 0.6 is 0 Å². The van der Waals surface area contributed by atoms with Crippen molar-refractivity contribution < 1.29 is 14.0 Å². The highest BCUT2D eigenvalue weighted by Crippen LogP contribution is 2.28. The lowest BCUT2D eigenvalue weighted by Gasteiger charge is -2.34. The summed E-state index contributed by atoms with van der Waals surface area (Å²) in [5.74, 6) is -0.550. The maximum atomic E-state index is 12.6. The van der Waals surface area contributed by atoms with Crippen LogP contribution in [0.15, 0.2) is 65.3 Å². The molecule has 2 heterocycles. The highest BCUT2D eigenvalue weighted by Gasteiger charge is 2.28. The van der Waals surface area contributed by atoms with Gasteiger partial charge in [0.1, 0.15) is 5.76 Å². The maximum Gasteiger partial charge on any atom is 0.313 e. The number of furan rings is 1. The number of para-hydroxylation sites is 1. The summed E-state index contributed by atoms with van der Waals surface area (Å²) in [6, 6.07) is 17.7. The van der Waals surface area contributed by atoms with E-state index >= 15 is 0 Å². The predicted octanol–water partition coefficient (Wildman–Crippen LogP) is 3.75. The number of nitrogens with one attached hydrogen (secondary N) is 2. The van der Waals surface area contributed by atoms with Crippen molar-refractivity contribution in [3.05, 3.63) is 88.9 Å². The average molecular weight is 418 g/mol. The van der Waals surface area contributed by atoms with Crippen LogP contribution in [0.5, 0.6) is 0 Å². The molecule has 2 N–H and O–H groups in total. The quantitative estimate of drug-likeness (QED) is 0.620. The zero-order valence-corrected chi connectivity index (χ0v) is 17.9.